The highest BCUT2D eigenvalue weighted by molar-refractivity contribution is 9.10. The molecule has 4 nitrogen and oxygen atoms in total. The van der Waals surface area contributed by atoms with Crippen molar-refractivity contribution >= 4 is 33.4 Å². The third-order valence-electron chi connectivity index (χ3n) is 3.35. The molecule has 0 saturated heterocycles. The van der Waals surface area contributed by atoms with Gasteiger partial charge < -0.3 is 10.6 Å². The van der Waals surface area contributed by atoms with E-state index in [0.29, 0.717) is 17.8 Å². The van der Waals surface area contributed by atoms with Crippen LogP contribution in [0.5, 0.6) is 0 Å². The van der Waals surface area contributed by atoms with Crippen molar-refractivity contribution in [2.45, 2.75) is 13.3 Å². The highest BCUT2D eigenvalue weighted by Crippen LogP contribution is 2.20. The maximum atomic E-state index is 13.1. The van der Waals surface area contributed by atoms with Crippen LogP contribution in [-0.2, 0) is 4.79 Å². The zero-order valence-corrected chi connectivity index (χ0v) is 14.7. The van der Waals surface area contributed by atoms with Gasteiger partial charge in [-0.25, -0.2) is 13.2 Å². The Hall–Kier alpha value is -2.35. The summed E-state index contributed by atoms with van der Waals surface area (Å²) in [5.74, 6) is -5.67. The molecular formula is C17H14BrF3N2O2. The summed E-state index contributed by atoms with van der Waals surface area (Å²) in [7, 11) is 0. The molecule has 2 aromatic carbocycles. The fourth-order valence-corrected chi connectivity index (χ4v) is 2.53. The van der Waals surface area contributed by atoms with Gasteiger partial charge in [0.1, 0.15) is 0 Å². The van der Waals surface area contributed by atoms with Gasteiger partial charge >= 0.3 is 0 Å². The number of hydrogen-bond donors (Lipinski definition) is 2. The minimum atomic E-state index is -1.64. The molecule has 0 aliphatic rings. The van der Waals surface area contributed by atoms with Crippen LogP contribution in [0.2, 0.25) is 0 Å². The van der Waals surface area contributed by atoms with Crippen LogP contribution in [0, 0.1) is 24.4 Å². The Morgan fingerprint density at radius 3 is 2.32 bits per heavy atom. The van der Waals surface area contributed by atoms with E-state index < -0.39 is 23.4 Å². The molecule has 2 aromatic rings. The highest BCUT2D eigenvalue weighted by Gasteiger charge is 2.15. The number of nitrogens with one attached hydrogen (secondary N) is 2. The Kier molecular flexibility index (Phi) is 6.19. The van der Waals surface area contributed by atoms with Crippen molar-refractivity contribution in [3.63, 3.8) is 0 Å². The monoisotopic (exact) mass is 414 g/mol. The van der Waals surface area contributed by atoms with Crippen LogP contribution in [0.3, 0.4) is 0 Å². The third kappa shape index (κ3) is 5.06. The van der Waals surface area contributed by atoms with Crippen LogP contribution < -0.4 is 10.6 Å². The van der Waals surface area contributed by atoms with Gasteiger partial charge in [-0.3, -0.25) is 9.59 Å². The second-order valence-corrected chi connectivity index (χ2v) is 6.18. The number of anilines is 1. The Balaban J connectivity index is 1.87. The van der Waals surface area contributed by atoms with Crippen molar-refractivity contribution in [2.24, 2.45) is 0 Å². The van der Waals surface area contributed by atoms with E-state index in [1.54, 1.807) is 12.1 Å². The molecule has 8 heteroatoms. The van der Waals surface area contributed by atoms with Gasteiger partial charge in [0.25, 0.3) is 5.91 Å². The number of rotatable bonds is 5. The van der Waals surface area contributed by atoms with Crippen molar-refractivity contribution in [1.29, 1.82) is 0 Å². The van der Waals surface area contributed by atoms with Crippen molar-refractivity contribution < 1.29 is 22.8 Å². The van der Waals surface area contributed by atoms with Gasteiger partial charge in [0.15, 0.2) is 17.5 Å². The first-order chi connectivity index (χ1) is 11.8. The van der Waals surface area contributed by atoms with Gasteiger partial charge in [0, 0.05) is 28.7 Å². The highest BCUT2D eigenvalue weighted by atomic mass is 79.9. The lowest BCUT2D eigenvalue weighted by molar-refractivity contribution is -0.116. The third-order valence-corrected chi connectivity index (χ3v) is 3.84. The van der Waals surface area contributed by atoms with E-state index in [0.717, 1.165) is 10.0 Å². The lowest BCUT2D eigenvalue weighted by Gasteiger charge is -2.09. The molecule has 0 spiro atoms. The van der Waals surface area contributed by atoms with E-state index in [2.05, 4.69) is 26.6 Å². The second kappa shape index (κ2) is 8.15. The lowest BCUT2D eigenvalue weighted by atomic mass is 10.2. The number of carbonyl (C=O) groups is 2. The summed E-state index contributed by atoms with van der Waals surface area (Å²) in [6.07, 6.45) is -0.0343. The van der Waals surface area contributed by atoms with Crippen molar-refractivity contribution in [3.8, 4) is 0 Å². The molecule has 0 unspecified atom stereocenters. The van der Waals surface area contributed by atoms with Crippen LogP contribution >= 0.6 is 15.9 Å². The number of halogens is 4. The predicted molar refractivity (Wildman–Crippen MR) is 90.8 cm³/mol. The minimum absolute atomic E-state index is 0.0343. The van der Waals surface area contributed by atoms with Crippen molar-refractivity contribution in [2.75, 3.05) is 11.9 Å². The van der Waals surface area contributed by atoms with Crippen LogP contribution in [0.25, 0.3) is 0 Å². The van der Waals surface area contributed by atoms with Gasteiger partial charge in [-0.05, 0) is 42.8 Å². The van der Waals surface area contributed by atoms with Gasteiger partial charge in [0.05, 0.1) is 0 Å². The van der Waals surface area contributed by atoms with E-state index in [-0.39, 0.29) is 24.4 Å². The summed E-state index contributed by atoms with van der Waals surface area (Å²) < 4.78 is 39.9. The topological polar surface area (TPSA) is 58.2 Å². The first kappa shape index (κ1) is 19.0. The maximum absolute atomic E-state index is 13.1. The molecule has 25 heavy (non-hydrogen) atoms. The molecular weight excluding hydrogens is 401 g/mol. The molecule has 2 amide bonds. The molecule has 0 atom stereocenters. The first-order valence-electron chi connectivity index (χ1n) is 7.26. The summed E-state index contributed by atoms with van der Waals surface area (Å²) in [4.78, 5) is 23.7. The Labute approximate surface area is 150 Å². The van der Waals surface area contributed by atoms with Gasteiger partial charge in [-0.15, -0.1) is 0 Å². The lowest BCUT2D eigenvalue weighted by Crippen LogP contribution is -2.28. The first-order valence-corrected chi connectivity index (χ1v) is 8.06. The number of amides is 2. The summed E-state index contributed by atoms with van der Waals surface area (Å²) in [5, 5.41) is 5.05. The van der Waals surface area contributed by atoms with Crippen LogP contribution in [0.4, 0.5) is 18.9 Å². The van der Waals surface area contributed by atoms with Crippen LogP contribution in [-0.4, -0.2) is 18.4 Å². The molecule has 0 fully saturated rings. The van der Waals surface area contributed by atoms with E-state index in [9.17, 15) is 22.8 Å². The Morgan fingerprint density at radius 2 is 1.72 bits per heavy atom. The van der Waals surface area contributed by atoms with Crippen LogP contribution in [0.1, 0.15) is 22.3 Å². The standard InChI is InChI=1S/C17H14BrF3N2O2/c1-9-6-11(18)2-3-14(9)23-15(24)4-5-22-17(25)10-7-12(19)16(21)13(20)8-10/h2-3,6-8H,4-5H2,1H3,(H,22,25)(H,23,24). The molecule has 0 aliphatic heterocycles. The zero-order valence-electron chi connectivity index (χ0n) is 13.1. The molecule has 0 saturated carbocycles. The zero-order chi connectivity index (χ0) is 18.6. The number of carbonyl (C=O) groups excluding carboxylic acids is 2. The maximum Gasteiger partial charge on any atom is 0.251 e. The Morgan fingerprint density at radius 1 is 1.08 bits per heavy atom. The molecule has 2 N–H and O–H groups in total. The molecule has 0 bridgehead atoms. The van der Waals surface area contributed by atoms with Crippen molar-refractivity contribution in [1.82, 2.24) is 5.32 Å². The normalized spacial score (nSPS) is 10.4. The smallest absolute Gasteiger partial charge is 0.251 e. The second-order valence-electron chi connectivity index (χ2n) is 5.27. The van der Waals surface area contributed by atoms with Gasteiger partial charge in [0.2, 0.25) is 5.91 Å². The van der Waals surface area contributed by atoms with E-state index in [1.165, 1.54) is 0 Å². The molecule has 0 radical (unpaired) electrons. The number of benzene rings is 2. The summed E-state index contributed by atoms with van der Waals surface area (Å²) >= 11 is 3.32. The molecule has 0 aromatic heterocycles. The van der Waals surface area contributed by atoms with Gasteiger partial charge in [-0.1, -0.05) is 15.9 Å². The fourth-order valence-electron chi connectivity index (χ4n) is 2.06. The summed E-state index contributed by atoms with van der Waals surface area (Å²) in [6.45, 7) is 1.79. The molecule has 132 valence electrons. The largest absolute Gasteiger partial charge is 0.352 e. The SMILES string of the molecule is Cc1cc(Br)ccc1NC(=O)CCNC(=O)c1cc(F)c(F)c(F)c1. The predicted octanol–water partition coefficient (Wildman–Crippen LogP) is 3.93. The molecule has 0 heterocycles. The van der Waals surface area contributed by atoms with E-state index in [1.807, 2.05) is 13.0 Å². The van der Waals surface area contributed by atoms with E-state index in [4.69, 9.17) is 0 Å². The molecule has 2 rings (SSSR count). The van der Waals surface area contributed by atoms with E-state index >= 15 is 0 Å². The quantitative estimate of drug-likeness (QED) is 0.728. The summed E-state index contributed by atoms with van der Waals surface area (Å²) in [5.41, 5.74) is 1.15. The number of aryl methyl sites for hydroxylation is 1. The number of hydrogen-bond acceptors (Lipinski definition) is 2. The Bertz CT molecular complexity index is 805. The summed E-state index contributed by atoms with van der Waals surface area (Å²) in [6, 6.07) is 6.55. The van der Waals surface area contributed by atoms with Crippen molar-refractivity contribution in [3.05, 3.63) is 63.4 Å². The average molecular weight is 415 g/mol. The van der Waals surface area contributed by atoms with Crippen LogP contribution in [0.15, 0.2) is 34.8 Å². The average Bonchev–Trinajstić information content (AvgIpc) is 2.54. The molecule has 0 aliphatic carbocycles. The van der Waals surface area contributed by atoms with Gasteiger partial charge in [-0.2, -0.15) is 0 Å². The minimum Gasteiger partial charge on any atom is -0.352 e. The fraction of sp³-hybridized carbons (Fsp3) is 0.176.